The van der Waals surface area contributed by atoms with E-state index in [-0.39, 0.29) is 0 Å². The Hall–Kier alpha value is -0.870. The number of hydrogen-bond donors (Lipinski definition) is 2. The molecule has 0 aromatic carbocycles. The minimum atomic E-state index is 0.540. The predicted octanol–water partition coefficient (Wildman–Crippen LogP) is 0.740. The van der Waals surface area contributed by atoms with E-state index in [2.05, 4.69) is 33.5 Å². The average Bonchev–Trinajstić information content (AvgIpc) is 2.89. The molecule has 0 radical (unpaired) electrons. The molecule has 0 spiro atoms. The standard InChI is InChI=1S/C11H20N4/c1-9(5-12-2)10-6-14-15(8-10)11-3-4-13-7-11/h6,8-9,11-13H,3-5,7H2,1-2H3. The highest BCUT2D eigenvalue weighted by Gasteiger charge is 2.17. The van der Waals surface area contributed by atoms with Crippen molar-refractivity contribution in [3.63, 3.8) is 0 Å². The second kappa shape index (κ2) is 4.77. The van der Waals surface area contributed by atoms with Crippen molar-refractivity contribution in [3.05, 3.63) is 18.0 Å². The summed E-state index contributed by atoms with van der Waals surface area (Å²) in [6.07, 6.45) is 5.39. The Bertz CT molecular complexity index is 301. The fourth-order valence-electron chi connectivity index (χ4n) is 2.10. The number of rotatable bonds is 4. The molecule has 2 N–H and O–H groups in total. The molecule has 2 atom stereocenters. The molecule has 2 heterocycles. The summed E-state index contributed by atoms with van der Waals surface area (Å²) in [5, 5.41) is 11.0. The van der Waals surface area contributed by atoms with Gasteiger partial charge in [0.15, 0.2) is 0 Å². The number of nitrogens with one attached hydrogen (secondary N) is 2. The molecule has 4 nitrogen and oxygen atoms in total. The van der Waals surface area contributed by atoms with Crippen LogP contribution in [0, 0.1) is 0 Å². The Labute approximate surface area is 91.1 Å². The molecule has 15 heavy (non-hydrogen) atoms. The van der Waals surface area contributed by atoms with Crippen LogP contribution in [0.25, 0.3) is 0 Å². The van der Waals surface area contributed by atoms with Crippen LogP contribution >= 0.6 is 0 Å². The van der Waals surface area contributed by atoms with Gasteiger partial charge < -0.3 is 10.6 Å². The second-order valence-electron chi connectivity index (χ2n) is 4.36. The van der Waals surface area contributed by atoms with Gasteiger partial charge in [-0.05, 0) is 31.5 Å². The first-order valence-corrected chi connectivity index (χ1v) is 5.70. The Kier molecular flexibility index (Phi) is 3.38. The maximum Gasteiger partial charge on any atom is 0.0655 e. The Morgan fingerprint density at radius 2 is 2.60 bits per heavy atom. The lowest BCUT2D eigenvalue weighted by Gasteiger charge is -2.09. The average molecular weight is 208 g/mol. The third-order valence-corrected chi connectivity index (χ3v) is 3.11. The van der Waals surface area contributed by atoms with Crippen LogP contribution in [0.15, 0.2) is 12.4 Å². The van der Waals surface area contributed by atoms with Gasteiger partial charge in [-0.15, -0.1) is 0 Å². The summed E-state index contributed by atoms with van der Waals surface area (Å²) in [6, 6.07) is 0.556. The molecular formula is C11H20N4. The van der Waals surface area contributed by atoms with Gasteiger partial charge in [0.05, 0.1) is 12.2 Å². The second-order valence-corrected chi connectivity index (χ2v) is 4.36. The molecule has 1 aliphatic rings. The Morgan fingerprint density at radius 3 is 3.27 bits per heavy atom. The third-order valence-electron chi connectivity index (χ3n) is 3.11. The maximum atomic E-state index is 4.45. The minimum absolute atomic E-state index is 0.540. The van der Waals surface area contributed by atoms with Crippen LogP contribution in [0.2, 0.25) is 0 Å². The Morgan fingerprint density at radius 1 is 1.73 bits per heavy atom. The molecule has 0 bridgehead atoms. The molecule has 2 rings (SSSR count). The van der Waals surface area contributed by atoms with Crippen LogP contribution in [0.5, 0.6) is 0 Å². The van der Waals surface area contributed by atoms with Crippen molar-refractivity contribution in [1.82, 2.24) is 20.4 Å². The van der Waals surface area contributed by atoms with Crippen molar-refractivity contribution in [3.8, 4) is 0 Å². The zero-order chi connectivity index (χ0) is 10.7. The van der Waals surface area contributed by atoms with Crippen LogP contribution < -0.4 is 10.6 Å². The first-order valence-electron chi connectivity index (χ1n) is 5.70. The highest BCUT2D eigenvalue weighted by atomic mass is 15.3. The number of nitrogens with zero attached hydrogens (tertiary/aromatic N) is 2. The summed E-state index contributed by atoms with van der Waals surface area (Å²) < 4.78 is 2.11. The van der Waals surface area contributed by atoms with E-state index < -0.39 is 0 Å². The van der Waals surface area contributed by atoms with E-state index in [0.29, 0.717) is 12.0 Å². The first-order chi connectivity index (χ1) is 7.31. The molecule has 0 amide bonds. The van der Waals surface area contributed by atoms with Gasteiger partial charge in [0, 0.05) is 19.3 Å². The molecule has 1 aromatic heterocycles. The minimum Gasteiger partial charge on any atom is -0.319 e. The molecule has 1 saturated heterocycles. The van der Waals surface area contributed by atoms with Crippen LogP contribution in [0.1, 0.15) is 30.9 Å². The molecule has 1 aromatic rings. The maximum absolute atomic E-state index is 4.45. The van der Waals surface area contributed by atoms with Crippen LogP contribution in [0.4, 0.5) is 0 Å². The molecule has 1 fully saturated rings. The van der Waals surface area contributed by atoms with Crippen molar-refractivity contribution < 1.29 is 0 Å². The van der Waals surface area contributed by atoms with Gasteiger partial charge >= 0.3 is 0 Å². The smallest absolute Gasteiger partial charge is 0.0655 e. The summed E-state index contributed by atoms with van der Waals surface area (Å²) in [5.41, 5.74) is 1.33. The van der Waals surface area contributed by atoms with Gasteiger partial charge in [-0.1, -0.05) is 6.92 Å². The van der Waals surface area contributed by atoms with Crippen LogP contribution in [0.3, 0.4) is 0 Å². The fraction of sp³-hybridized carbons (Fsp3) is 0.727. The predicted molar refractivity (Wildman–Crippen MR) is 61.1 cm³/mol. The van der Waals surface area contributed by atoms with Crippen molar-refractivity contribution in [2.45, 2.75) is 25.3 Å². The Balaban J connectivity index is 2.02. The molecular weight excluding hydrogens is 188 g/mol. The molecule has 1 aliphatic heterocycles. The lowest BCUT2D eigenvalue weighted by atomic mass is 10.1. The van der Waals surface area contributed by atoms with E-state index in [4.69, 9.17) is 0 Å². The van der Waals surface area contributed by atoms with E-state index in [1.54, 1.807) is 0 Å². The lowest BCUT2D eigenvalue weighted by Crippen LogP contribution is -2.15. The molecule has 0 aliphatic carbocycles. The number of likely N-dealkylation sites (N-methyl/N-ethyl adjacent to an activating group) is 1. The summed E-state index contributed by atoms with van der Waals surface area (Å²) in [5.74, 6) is 0.540. The lowest BCUT2D eigenvalue weighted by molar-refractivity contribution is 0.490. The van der Waals surface area contributed by atoms with Gasteiger partial charge in [-0.25, -0.2) is 0 Å². The van der Waals surface area contributed by atoms with Gasteiger partial charge in [-0.3, -0.25) is 4.68 Å². The van der Waals surface area contributed by atoms with E-state index in [9.17, 15) is 0 Å². The normalized spacial score (nSPS) is 23.2. The highest BCUT2D eigenvalue weighted by molar-refractivity contribution is 5.11. The van der Waals surface area contributed by atoms with Crippen LogP contribution in [-0.4, -0.2) is 36.5 Å². The quantitative estimate of drug-likeness (QED) is 0.767. The van der Waals surface area contributed by atoms with Crippen molar-refractivity contribution in [2.24, 2.45) is 0 Å². The third kappa shape index (κ3) is 2.38. The van der Waals surface area contributed by atoms with Crippen molar-refractivity contribution >= 4 is 0 Å². The highest BCUT2D eigenvalue weighted by Crippen LogP contribution is 2.18. The van der Waals surface area contributed by atoms with Gasteiger partial charge in [0.2, 0.25) is 0 Å². The zero-order valence-electron chi connectivity index (χ0n) is 9.53. The SMILES string of the molecule is CNCC(C)c1cnn(C2CCNC2)c1. The zero-order valence-corrected chi connectivity index (χ0v) is 9.53. The number of aromatic nitrogens is 2. The fourth-order valence-corrected chi connectivity index (χ4v) is 2.10. The molecule has 4 heteroatoms. The van der Waals surface area contributed by atoms with E-state index in [1.165, 1.54) is 12.0 Å². The first kappa shape index (κ1) is 10.6. The van der Waals surface area contributed by atoms with Crippen molar-refractivity contribution in [2.75, 3.05) is 26.7 Å². The molecule has 84 valence electrons. The summed E-state index contributed by atoms with van der Waals surface area (Å²) >= 11 is 0. The largest absolute Gasteiger partial charge is 0.319 e. The van der Waals surface area contributed by atoms with Crippen LogP contribution in [-0.2, 0) is 0 Å². The monoisotopic (exact) mass is 208 g/mol. The van der Waals surface area contributed by atoms with E-state index in [1.807, 2.05) is 13.2 Å². The summed E-state index contributed by atoms with van der Waals surface area (Å²) in [6.45, 7) is 5.41. The molecule has 2 unspecified atom stereocenters. The number of hydrogen-bond acceptors (Lipinski definition) is 3. The van der Waals surface area contributed by atoms with Crippen molar-refractivity contribution in [1.29, 1.82) is 0 Å². The summed E-state index contributed by atoms with van der Waals surface area (Å²) in [4.78, 5) is 0. The molecule has 0 saturated carbocycles. The van der Waals surface area contributed by atoms with E-state index >= 15 is 0 Å². The summed E-state index contributed by atoms with van der Waals surface area (Å²) in [7, 11) is 1.99. The van der Waals surface area contributed by atoms with Gasteiger partial charge in [0.1, 0.15) is 0 Å². The van der Waals surface area contributed by atoms with E-state index in [0.717, 1.165) is 19.6 Å². The van der Waals surface area contributed by atoms with Gasteiger partial charge in [0.25, 0.3) is 0 Å². The topological polar surface area (TPSA) is 41.9 Å². The van der Waals surface area contributed by atoms with Gasteiger partial charge in [-0.2, -0.15) is 5.10 Å².